The summed E-state index contributed by atoms with van der Waals surface area (Å²) < 4.78 is 30.5. The maximum atomic E-state index is 12.3. The van der Waals surface area contributed by atoms with Crippen molar-refractivity contribution in [2.75, 3.05) is 18.4 Å². The van der Waals surface area contributed by atoms with Gasteiger partial charge < -0.3 is 15.1 Å². The molecule has 0 aliphatic carbocycles. The van der Waals surface area contributed by atoms with Crippen molar-refractivity contribution in [2.24, 2.45) is 0 Å². The van der Waals surface area contributed by atoms with Gasteiger partial charge in [0.15, 0.2) is 9.84 Å². The number of rotatable bonds is 6. The van der Waals surface area contributed by atoms with Gasteiger partial charge in [-0.15, -0.1) is 5.10 Å². The van der Waals surface area contributed by atoms with E-state index in [1.165, 1.54) is 0 Å². The maximum Gasteiger partial charge on any atom is 0.316 e. The third-order valence-electron chi connectivity index (χ3n) is 5.35. The number of nitrogens with zero attached hydrogens (tertiary/aromatic N) is 4. The van der Waals surface area contributed by atoms with Crippen LogP contribution in [-0.4, -0.2) is 53.0 Å². The van der Waals surface area contributed by atoms with E-state index in [1.54, 1.807) is 44.3 Å². The van der Waals surface area contributed by atoms with Crippen LogP contribution in [-0.2, 0) is 9.84 Å². The molecule has 1 aliphatic heterocycles. The summed E-state index contributed by atoms with van der Waals surface area (Å²) in [4.78, 5) is 9.36. The first-order chi connectivity index (χ1) is 14.8. The molecule has 9 nitrogen and oxygen atoms in total. The largest absolute Gasteiger partial charge is 0.402 e. The van der Waals surface area contributed by atoms with Gasteiger partial charge in [-0.1, -0.05) is 17.2 Å². The van der Waals surface area contributed by atoms with Crippen LogP contribution in [0.5, 0.6) is 0 Å². The first-order valence-corrected chi connectivity index (χ1v) is 11.9. The SMILES string of the molecule is Cc1ncc(-c2ccc(S(=O)(=O)C(C)C)cc2)nc1-c1nnc(NC2CCNCC2)o1.[HH].[HH].[HH]. The van der Waals surface area contributed by atoms with Crippen molar-refractivity contribution < 1.29 is 17.1 Å². The topological polar surface area (TPSA) is 123 Å². The van der Waals surface area contributed by atoms with Crippen molar-refractivity contribution in [3.05, 3.63) is 36.2 Å². The number of piperidine rings is 1. The van der Waals surface area contributed by atoms with Gasteiger partial charge in [-0.3, -0.25) is 4.98 Å². The molecule has 1 aromatic carbocycles. The van der Waals surface area contributed by atoms with Crippen LogP contribution in [0.3, 0.4) is 0 Å². The summed E-state index contributed by atoms with van der Waals surface area (Å²) >= 11 is 0. The molecular formula is C21H32N6O3S. The van der Waals surface area contributed by atoms with Crippen molar-refractivity contribution in [1.29, 1.82) is 0 Å². The molecule has 170 valence electrons. The van der Waals surface area contributed by atoms with Crippen LogP contribution in [0.25, 0.3) is 22.8 Å². The summed E-state index contributed by atoms with van der Waals surface area (Å²) in [6, 6.07) is 7.33. The highest BCUT2D eigenvalue weighted by atomic mass is 32.2. The fourth-order valence-corrected chi connectivity index (χ4v) is 4.46. The number of anilines is 1. The summed E-state index contributed by atoms with van der Waals surface area (Å²) in [6.07, 6.45) is 3.64. The second kappa shape index (κ2) is 8.72. The predicted molar refractivity (Wildman–Crippen MR) is 124 cm³/mol. The lowest BCUT2D eigenvalue weighted by molar-refractivity contribution is 0.464. The van der Waals surface area contributed by atoms with Crippen LogP contribution >= 0.6 is 0 Å². The average molecular weight is 449 g/mol. The highest BCUT2D eigenvalue weighted by Gasteiger charge is 2.20. The zero-order valence-corrected chi connectivity index (χ0v) is 18.6. The Hall–Kier alpha value is -2.85. The maximum absolute atomic E-state index is 12.3. The minimum Gasteiger partial charge on any atom is -0.402 e. The molecule has 0 bridgehead atoms. The van der Waals surface area contributed by atoms with E-state index in [2.05, 4.69) is 30.8 Å². The molecule has 1 aliphatic rings. The van der Waals surface area contributed by atoms with Crippen molar-refractivity contribution in [2.45, 2.75) is 49.8 Å². The molecule has 0 spiro atoms. The Labute approximate surface area is 186 Å². The zero-order chi connectivity index (χ0) is 22.0. The number of aryl methyl sites for hydroxylation is 1. The lowest BCUT2D eigenvalue weighted by atomic mass is 10.1. The second-order valence-electron chi connectivity index (χ2n) is 7.89. The van der Waals surface area contributed by atoms with Gasteiger partial charge in [0.2, 0.25) is 0 Å². The Morgan fingerprint density at radius 2 is 1.87 bits per heavy atom. The Bertz CT molecular complexity index is 1170. The van der Waals surface area contributed by atoms with Gasteiger partial charge in [0.1, 0.15) is 5.69 Å². The Morgan fingerprint density at radius 3 is 2.55 bits per heavy atom. The number of sulfone groups is 1. The molecule has 1 saturated heterocycles. The van der Waals surface area contributed by atoms with E-state index in [4.69, 9.17) is 4.42 Å². The molecule has 2 aromatic heterocycles. The van der Waals surface area contributed by atoms with E-state index in [9.17, 15) is 8.42 Å². The third kappa shape index (κ3) is 4.59. The molecule has 3 heterocycles. The van der Waals surface area contributed by atoms with E-state index in [0.717, 1.165) is 31.5 Å². The Kier molecular flexibility index (Phi) is 6.01. The molecule has 1 fully saturated rings. The highest BCUT2D eigenvalue weighted by molar-refractivity contribution is 7.92. The Balaban J connectivity index is 0.00000193. The number of hydrogen-bond donors (Lipinski definition) is 2. The Morgan fingerprint density at radius 1 is 1.16 bits per heavy atom. The summed E-state index contributed by atoms with van der Waals surface area (Å²) in [7, 11) is -3.32. The van der Waals surface area contributed by atoms with Crippen LogP contribution in [0.15, 0.2) is 39.8 Å². The number of nitrogens with one attached hydrogen (secondary N) is 2. The van der Waals surface area contributed by atoms with Gasteiger partial charge in [-0.25, -0.2) is 13.4 Å². The van der Waals surface area contributed by atoms with Crippen LogP contribution in [0, 0.1) is 6.92 Å². The zero-order valence-electron chi connectivity index (χ0n) is 17.8. The molecule has 3 aromatic rings. The van der Waals surface area contributed by atoms with E-state index in [0.29, 0.717) is 35.0 Å². The van der Waals surface area contributed by atoms with Gasteiger partial charge in [-0.2, -0.15) is 0 Å². The average Bonchev–Trinajstić information content (AvgIpc) is 3.23. The number of aromatic nitrogens is 4. The van der Waals surface area contributed by atoms with Crippen molar-refractivity contribution in [3.8, 4) is 22.8 Å². The van der Waals surface area contributed by atoms with Gasteiger partial charge >= 0.3 is 6.01 Å². The molecule has 2 N–H and O–H groups in total. The highest BCUT2D eigenvalue weighted by Crippen LogP contribution is 2.26. The van der Waals surface area contributed by atoms with Gasteiger partial charge in [-0.05, 0) is 58.8 Å². The lowest BCUT2D eigenvalue weighted by Gasteiger charge is -2.22. The molecular weight excluding hydrogens is 416 g/mol. The van der Waals surface area contributed by atoms with Crippen molar-refractivity contribution in [3.63, 3.8) is 0 Å². The minimum atomic E-state index is -3.32. The first-order valence-electron chi connectivity index (χ1n) is 10.3. The van der Waals surface area contributed by atoms with Crippen molar-refractivity contribution >= 4 is 15.9 Å². The summed E-state index contributed by atoms with van der Waals surface area (Å²) in [5, 5.41) is 14.4. The summed E-state index contributed by atoms with van der Waals surface area (Å²) in [5.74, 6) is 0.294. The van der Waals surface area contributed by atoms with Gasteiger partial charge in [0.05, 0.1) is 27.7 Å². The predicted octanol–water partition coefficient (Wildman–Crippen LogP) is 3.59. The van der Waals surface area contributed by atoms with Crippen molar-refractivity contribution in [1.82, 2.24) is 25.5 Å². The van der Waals surface area contributed by atoms with Crippen LogP contribution in [0.2, 0.25) is 0 Å². The van der Waals surface area contributed by atoms with E-state index in [1.807, 2.05) is 6.92 Å². The van der Waals surface area contributed by atoms with Gasteiger partial charge in [0.25, 0.3) is 5.89 Å². The third-order valence-corrected chi connectivity index (χ3v) is 7.52. The molecule has 0 saturated carbocycles. The van der Waals surface area contributed by atoms with Crippen LogP contribution in [0.4, 0.5) is 6.01 Å². The minimum absolute atomic E-state index is 0. The molecule has 0 radical (unpaired) electrons. The standard InChI is InChI=1S/C21H26N6O3S.3H2/c1-13(2)31(28,29)17-6-4-15(5-7-17)18-12-23-14(3)19(25-18)20-26-27-21(30-20)24-16-8-10-22-11-9-16;;;/h4-7,12-13,16,22H,8-11H2,1-3H3,(H,24,27);3*1H. The molecule has 10 heteroatoms. The molecule has 31 heavy (non-hydrogen) atoms. The molecule has 0 unspecified atom stereocenters. The summed E-state index contributed by atoms with van der Waals surface area (Å²) in [5.41, 5.74) is 2.52. The number of benzene rings is 1. The molecule has 4 rings (SSSR count). The fraction of sp³-hybridized carbons (Fsp3) is 0.429. The van der Waals surface area contributed by atoms with E-state index >= 15 is 0 Å². The molecule has 0 atom stereocenters. The second-order valence-corrected chi connectivity index (χ2v) is 10.4. The first kappa shape index (κ1) is 21.4. The lowest BCUT2D eigenvalue weighted by Crippen LogP contribution is -2.35. The quantitative estimate of drug-likeness (QED) is 0.582. The monoisotopic (exact) mass is 448 g/mol. The summed E-state index contributed by atoms with van der Waals surface area (Å²) in [6.45, 7) is 7.08. The van der Waals surface area contributed by atoms with Gasteiger partial charge in [0, 0.05) is 15.9 Å². The molecule has 0 amide bonds. The van der Waals surface area contributed by atoms with E-state index in [-0.39, 0.29) is 9.18 Å². The van der Waals surface area contributed by atoms with Crippen LogP contribution < -0.4 is 10.6 Å². The number of hydrogen-bond acceptors (Lipinski definition) is 9. The van der Waals surface area contributed by atoms with E-state index < -0.39 is 15.1 Å². The fourth-order valence-electron chi connectivity index (χ4n) is 3.40. The normalized spacial score (nSPS) is 15.4. The smallest absolute Gasteiger partial charge is 0.316 e. The van der Waals surface area contributed by atoms with Crippen LogP contribution in [0.1, 0.15) is 36.7 Å².